The van der Waals surface area contributed by atoms with Crippen molar-refractivity contribution in [1.82, 2.24) is 4.98 Å². The van der Waals surface area contributed by atoms with Crippen molar-refractivity contribution in [2.75, 3.05) is 0 Å². The molecule has 1 heterocycles. The lowest BCUT2D eigenvalue weighted by atomic mass is 10.2. The van der Waals surface area contributed by atoms with Crippen molar-refractivity contribution in [3.63, 3.8) is 0 Å². The summed E-state index contributed by atoms with van der Waals surface area (Å²) in [5.41, 5.74) is 0. The summed E-state index contributed by atoms with van der Waals surface area (Å²) < 4.78 is 1.11. The highest BCUT2D eigenvalue weighted by molar-refractivity contribution is 14.1. The lowest BCUT2D eigenvalue weighted by Gasteiger charge is -1.99. The van der Waals surface area contributed by atoms with E-state index in [1.165, 1.54) is 0 Å². The summed E-state index contributed by atoms with van der Waals surface area (Å²) in [4.78, 5) is 3.00. The van der Waals surface area contributed by atoms with Gasteiger partial charge in [0, 0.05) is 26.7 Å². The van der Waals surface area contributed by atoms with E-state index in [4.69, 9.17) is 23.2 Å². The van der Waals surface area contributed by atoms with Crippen molar-refractivity contribution in [2.45, 2.75) is 0 Å². The van der Waals surface area contributed by atoms with Gasteiger partial charge in [0.15, 0.2) is 0 Å². The van der Waals surface area contributed by atoms with Gasteiger partial charge in [-0.05, 0) is 28.7 Å². The first-order chi connectivity index (χ1) is 5.70. The van der Waals surface area contributed by atoms with Gasteiger partial charge in [-0.25, -0.2) is 0 Å². The fourth-order valence-electron chi connectivity index (χ4n) is 1.12. The van der Waals surface area contributed by atoms with Gasteiger partial charge in [-0.15, -0.1) is 0 Å². The van der Waals surface area contributed by atoms with Gasteiger partial charge in [0.25, 0.3) is 0 Å². The Kier molecular flexibility index (Phi) is 2.23. The second-order valence-corrected chi connectivity index (χ2v) is 4.38. The third-order valence-corrected chi connectivity index (χ3v) is 3.40. The topological polar surface area (TPSA) is 15.8 Å². The number of fused-ring (bicyclic) bond motifs is 1. The summed E-state index contributed by atoms with van der Waals surface area (Å²) in [5.74, 6) is 0. The molecule has 12 heavy (non-hydrogen) atoms. The minimum Gasteiger partial charge on any atom is -0.366 e. The molecule has 0 amide bonds. The Hall–Kier alpha value is 0.0700. The smallest absolute Gasteiger partial charge is 0.0686 e. The van der Waals surface area contributed by atoms with Crippen LogP contribution in [-0.2, 0) is 0 Å². The van der Waals surface area contributed by atoms with Crippen molar-refractivity contribution < 1.29 is 0 Å². The molecule has 0 bridgehead atoms. The lowest BCUT2D eigenvalue weighted by Crippen LogP contribution is -1.75. The predicted octanol–water partition coefficient (Wildman–Crippen LogP) is 4.08. The monoisotopic (exact) mass is 311 g/mol. The molecule has 1 nitrogen and oxygen atoms in total. The summed E-state index contributed by atoms with van der Waals surface area (Å²) in [6.45, 7) is 0. The third-order valence-electron chi connectivity index (χ3n) is 1.70. The van der Waals surface area contributed by atoms with E-state index in [-0.39, 0.29) is 0 Å². The van der Waals surface area contributed by atoms with Crippen LogP contribution < -0.4 is 0 Å². The van der Waals surface area contributed by atoms with Crippen LogP contribution in [-0.4, -0.2) is 4.98 Å². The molecule has 0 spiro atoms. The van der Waals surface area contributed by atoms with E-state index in [2.05, 4.69) is 27.6 Å². The van der Waals surface area contributed by atoms with Crippen LogP contribution in [0.2, 0.25) is 10.0 Å². The largest absolute Gasteiger partial charge is 0.366 e. The molecular weight excluding hydrogens is 308 g/mol. The van der Waals surface area contributed by atoms with Gasteiger partial charge in [0.1, 0.15) is 0 Å². The number of halogens is 3. The maximum Gasteiger partial charge on any atom is 0.0686 e. The SMILES string of the molecule is Clc1cc(I)c2c[nH]cc2c1Cl. The molecule has 0 radical (unpaired) electrons. The first-order valence-corrected chi connectivity index (χ1v) is 5.13. The van der Waals surface area contributed by atoms with Crippen molar-refractivity contribution in [2.24, 2.45) is 0 Å². The zero-order valence-corrected chi connectivity index (χ0v) is 9.54. The number of benzene rings is 1. The molecule has 4 heteroatoms. The molecule has 0 unspecified atom stereocenters. The van der Waals surface area contributed by atoms with E-state index in [1.54, 1.807) is 0 Å². The zero-order valence-electron chi connectivity index (χ0n) is 5.87. The second-order valence-electron chi connectivity index (χ2n) is 2.44. The van der Waals surface area contributed by atoms with Crippen LogP contribution in [0.1, 0.15) is 0 Å². The molecule has 0 fully saturated rings. The lowest BCUT2D eigenvalue weighted by molar-refractivity contribution is 1.43. The van der Waals surface area contributed by atoms with Gasteiger partial charge in [-0.1, -0.05) is 23.2 Å². The highest BCUT2D eigenvalue weighted by Crippen LogP contribution is 2.33. The Morgan fingerprint density at radius 2 is 1.83 bits per heavy atom. The molecule has 0 saturated carbocycles. The molecule has 1 aromatic carbocycles. The standard InChI is InChI=1S/C8H4Cl2IN/c9-6-1-7(11)4-2-12-3-5(4)8(6)10/h1-3,12H. The van der Waals surface area contributed by atoms with Crippen LogP contribution in [0.5, 0.6) is 0 Å². The maximum atomic E-state index is 5.98. The summed E-state index contributed by atoms with van der Waals surface area (Å²) >= 11 is 14.1. The number of rotatable bonds is 0. The summed E-state index contributed by atoms with van der Waals surface area (Å²) in [6, 6.07) is 1.86. The average molecular weight is 312 g/mol. The molecule has 0 aliphatic heterocycles. The number of hydrogen-bond donors (Lipinski definition) is 1. The predicted molar refractivity (Wildman–Crippen MR) is 61.0 cm³/mol. The first-order valence-electron chi connectivity index (χ1n) is 3.30. The zero-order chi connectivity index (χ0) is 8.72. The molecular formula is C8H4Cl2IN. The Morgan fingerprint density at radius 1 is 1.17 bits per heavy atom. The summed E-state index contributed by atoms with van der Waals surface area (Å²) in [5, 5.41) is 3.32. The normalized spacial score (nSPS) is 10.9. The minimum atomic E-state index is 0.605. The highest BCUT2D eigenvalue weighted by atomic mass is 127. The van der Waals surface area contributed by atoms with E-state index < -0.39 is 0 Å². The van der Waals surface area contributed by atoms with Crippen LogP contribution in [0.4, 0.5) is 0 Å². The van der Waals surface area contributed by atoms with Crippen molar-refractivity contribution in [3.8, 4) is 0 Å². The highest BCUT2D eigenvalue weighted by Gasteiger charge is 2.07. The van der Waals surface area contributed by atoms with E-state index >= 15 is 0 Å². The Balaban J connectivity index is 2.97. The molecule has 0 aliphatic rings. The van der Waals surface area contributed by atoms with Gasteiger partial charge < -0.3 is 4.98 Å². The number of aromatic amines is 1. The van der Waals surface area contributed by atoms with E-state index in [0.29, 0.717) is 10.0 Å². The number of hydrogen-bond acceptors (Lipinski definition) is 0. The molecule has 0 atom stereocenters. The van der Waals surface area contributed by atoms with Crippen LogP contribution in [0.3, 0.4) is 0 Å². The van der Waals surface area contributed by atoms with Gasteiger partial charge in [-0.2, -0.15) is 0 Å². The minimum absolute atomic E-state index is 0.605. The Labute approximate surface area is 93.2 Å². The molecule has 1 N–H and O–H groups in total. The summed E-state index contributed by atoms with van der Waals surface area (Å²) in [7, 11) is 0. The molecule has 2 aromatic rings. The van der Waals surface area contributed by atoms with E-state index in [9.17, 15) is 0 Å². The van der Waals surface area contributed by atoms with E-state index in [1.807, 2.05) is 18.5 Å². The molecule has 0 saturated heterocycles. The number of nitrogens with one attached hydrogen (secondary N) is 1. The molecule has 62 valence electrons. The van der Waals surface area contributed by atoms with E-state index in [0.717, 1.165) is 14.3 Å². The number of aromatic nitrogens is 1. The van der Waals surface area contributed by atoms with Crippen molar-refractivity contribution >= 4 is 56.6 Å². The van der Waals surface area contributed by atoms with Crippen molar-refractivity contribution in [1.29, 1.82) is 0 Å². The van der Waals surface area contributed by atoms with Gasteiger partial charge in [0.05, 0.1) is 10.0 Å². The second kappa shape index (κ2) is 3.09. The first kappa shape index (κ1) is 8.66. The maximum absolute atomic E-state index is 5.98. The fourth-order valence-corrected chi connectivity index (χ4v) is 2.49. The number of H-pyrrole nitrogens is 1. The van der Waals surface area contributed by atoms with Gasteiger partial charge in [0.2, 0.25) is 0 Å². The van der Waals surface area contributed by atoms with Gasteiger partial charge >= 0.3 is 0 Å². The fraction of sp³-hybridized carbons (Fsp3) is 0. The Morgan fingerprint density at radius 3 is 2.58 bits per heavy atom. The average Bonchev–Trinajstić information content (AvgIpc) is 2.48. The summed E-state index contributed by atoms with van der Waals surface area (Å²) in [6.07, 6.45) is 3.77. The van der Waals surface area contributed by atoms with Gasteiger partial charge in [-0.3, -0.25) is 0 Å². The molecule has 2 rings (SSSR count). The third kappa shape index (κ3) is 1.22. The molecule has 1 aromatic heterocycles. The quantitative estimate of drug-likeness (QED) is 0.557. The van der Waals surface area contributed by atoms with Crippen LogP contribution in [0, 0.1) is 3.57 Å². The Bertz CT molecular complexity index is 436. The van der Waals surface area contributed by atoms with Crippen LogP contribution >= 0.6 is 45.8 Å². The van der Waals surface area contributed by atoms with Crippen molar-refractivity contribution in [3.05, 3.63) is 32.1 Å². The molecule has 0 aliphatic carbocycles. The van der Waals surface area contributed by atoms with Crippen LogP contribution in [0.25, 0.3) is 10.8 Å². The van der Waals surface area contributed by atoms with Crippen LogP contribution in [0.15, 0.2) is 18.5 Å².